The average molecular weight is 284 g/mol. The van der Waals surface area contributed by atoms with Crippen LogP contribution in [0, 0.1) is 0 Å². The number of hydrogen-bond acceptors (Lipinski definition) is 5. The van der Waals surface area contributed by atoms with Crippen molar-refractivity contribution in [2.45, 2.75) is 25.5 Å². The fourth-order valence-corrected chi connectivity index (χ4v) is 1.53. The summed E-state index contributed by atoms with van der Waals surface area (Å²) >= 11 is 0. The van der Waals surface area contributed by atoms with Crippen molar-refractivity contribution in [3.63, 3.8) is 0 Å². The van der Waals surface area contributed by atoms with Gasteiger partial charge in [-0.2, -0.15) is 0 Å². The second-order valence-corrected chi connectivity index (χ2v) is 4.36. The number of ether oxygens (including phenoxy) is 1. The molecule has 112 valence electrons. The van der Waals surface area contributed by atoms with Crippen molar-refractivity contribution < 1.29 is 23.8 Å². The molecule has 2 unspecified atom stereocenters. The number of hydrogen-bond donors (Lipinski definition) is 3. The summed E-state index contributed by atoms with van der Waals surface area (Å²) in [6.45, 7) is 2.10. The average Bonchev–Trinajstić information content (AvgIpc) is 2.92. The highest BCUT2D eigenvalue weighted by atomic mass is 16.5. The fourth-order valence-electron chi connectivity index (χ4n) is 1.53. The van der Waals surface area contributed by atoms with Crippen molar-refractivity contribution in [1.29, 1.82) is 0 Å². The van der Waals surface area contributed by atoms with Crippen LogP contribution in [0.3, 0.4) is 0 Å². The molecule has 0 saturated heterocycles. The van der Waals surface area contributed by atoms with Crippen molar-refractivity contribution in [3.05, 3.63) is 24.2 Å². The third-order valence-electron chi connectivity index (χ3n) is 2.62. The van der Waals surface area contributed by atoms with Gasteiger partial charge in [0.15, 0.2) is 5.76 Å². The summed E-state index contributed by atoms with van der Waals surface area (Å²) in [5.74, 6) is -0.619. The van der Waals surface area contributed by atoms with Crippen LogP contribution in [0.5, 0.6) is 0 Å². The molecule has 0 aromatic carbocycles. The first-order chi connectivity index (χ1) is 9.54. The SMILES string of the molecule is COCC(O)CCNC(=O)C(C)NC(=O)c1ccco1. The van der Waals surface area contributed by atoms with E-state index in [2.05, 4.69) is 10.6 Å². The molecule has 7 heteroatoms. The minimum atomic E-state index is -0.688. The lowest BCUT2D eigenvalue weighted by Gasteiger charge is -2.14. The molecule has 1 heterocycles. The number of carbonyl (C=O) groups excluding carboxylic acids is 2. The maximum atomic E-state index is 11.7. The highest BCUT2D eigenvalue weighted by molar-refractivity contribution is 5.95. The minimum absolute atomic E-state index is 0.153. The van der Waals surface area contributed by atoms with Gasteiger partial charge < -0.3 is 24.9 Å². The summed E-state index contributed by atoms with van der Waals surface area (Å²) in [6.07, 6.45) is 1.16. The number of methoxy groups -OCH3 is 1. The van der Waals surface area contributed by atoms with Gasteiger partial charge in [-0.25, -0.2) is 0 Å². The fraction of sp³-hybridized carbons (Fsp3) is 0.538. The zero-order chi connectivity index (χ0) is 15.0. The molecule has 0 aliphatic carbocycles. The van der Waals surface area contributed by atoms with Crippen molar-refractivity contribution in [2.75, 3.05) is 20.3 Å². The second-order valence-electron chi connectivity index (χ2n) is 4.36. The van der Waals surface area contributed by atoms with E-state index < -0.39 is 18.1 Å². The van der Waals surface area contributed by atoms with E-state index in [0.717, 1.165) is 0 Å². The minimum Gasteiger partial charge on any atom is -0.459 e. The molecule has 2 atom stereocenters. The van der Waals surface area contributed by atoms with E-state index >= 15 is 0 Å². The zero-order valence-corrected chi connectivity index (χ0v) is 11.6. The zero-order valence-electron chi connectivity index (χ0n) is 11.6. The number of carbonyl (C=O) groups is 2. The van der Waals surface area contributed by atoms with E-state index in [1.807, 2.05) is 0 Å². The number of rotatable bonds is 8. The van der Waals surface area contributed by atoms with Crippen LogP contribution < -0.4 is 10.6 Å². The maximum Gasteiger partial charge on any atom is 0.287 e. The Morgan fingerprint density at radius 3 is 2.85 bits per heavy atom. The summed E-state index contributed by atoms with van der Waals surface area (Å²) in [5, 5.41) is 14.5. The number of nitrogens with one attached hydrogen (secondary N) is 2. The normalized spacial score (nSPS) is 13.6. The van der Waals surface area contributed by atoms with E-state index in [-0.39, 0.29) is 18.3 Å². The van der Waals surface area contributed by atoms with Gasteiger partial charge in [0.1, 0.15) is 6.04 Å². The van der Waals surface area contributed by atoms with Gasteiger partial charge in [0.2, 0.25) is 5.91 Å². The highest BCUT2D eigenvalue weighted by Gasteiger charge is 2.17. The molecule has 0 radical (unpaired) electrons. The van der Waals surface area contributed by atoms with Crippen LogP contribution in [0.15, 0.2) is 22.8 Å². The van der Waals surface area contributed by atoms with Gasteiger partial charge in [-0.3, -0.25) is 9.59 Å². The molecule has 0 fully saturated rings. The van der Waals surface area contributed by atoms with E-state index in [4.69, 9.17) is 9.15 Å². The van der Waals surface area contributed by atoms with Gasteiger partial charge in [0.05, 0.1) is 19.0 Å². The lowest BCUT2D eigenvalue weighted by atomic mass is 10.2. The van der Waals surface area contributed by atoms with Crippen LogP contribution in [0.25, 0.3) is 0 Å². The van der Waals surface area contributed by atoms with Gasteiger partial charge in [-0.1, -0.05) is 0 Å². The molecule has 0 aliphatic rings. The van der Waals surface area contributed by atoms with Crippen molar-refractivity contribution in [3.8, 4) is 0 Å². The van der Waals surface area contributed by atoms with E-state index in [1.54, 1.807) is 13.0 Å². The monoisotopic (exact) mass is 284 g/mol. The van der Waals surface area contributed by atoms with Crippen LogP contribution >= 0.6 is 0 Å². The van der Waals surface area contributed by atoms with E-state index in [0.29, 0.717) is 13.0 Å². The van der Waals surface area contributed by atoms with E-state index in [1.165, 1.54) is 19.4 Å². The van der Waals surface area contributed by atoms with Crippen molar-refractivity contribution >= 4 is 11.8 Å². The molecule has 1 aromatic rings. The quantitative estimate of drug-likeness (QED) is 0.619. The molecule has 20 heavy (non-hydrogen) atoms. The molecule has 0 bridgehead atoms. The summed E-state index contributed by atoms with van der Waals surface area (Å²) in [4.78, 5) is 23.4. The molecule has 0 aliphatic heterocycles. The number of furan rings is 1. The Bertz CT molecular complexity index is 418. The summed E-state index contributed by atoms with van der Waals surface area (Å²) in [7, 11) is 1.49. The second kappa shape index (κ2) is 8.34. The lowest BCUT2D eigenvalue weighted by molar-refractivity contribution is -0.122. The van der Waals surface area contributed by atoms with Gasteiger partial charge in [-0.05, 0) is 25.5 Å². The van der Waals surface area contributed by atoms with Crippen LogP contribution in [0.1, 0.15) is 23.9 Å². The first-order valence-electron chi connectivity index (χ1n) is 6.33. The Balaban J connectivity index is 2.27. The van der Waals surface area contributed by atoms with Crippen molar-refractivity contribution in [2.24, 2.45) is 0 Å². The van der Waals surface area contributed by atoms with Crippen LogP contribution in [-0.4, -0.2) is 49.3 Å². The largest absolute Gasteiger partial charge is 0.459 e. The Labute approximate surface area is 117 Å². The molecule has 2 amide bonds. The van der Waals surface area contributed by atoms with Crippen LogP contribution in [0.4, 0.5) is 0 Å². The predicted octanol–water partition coefficient (Wildman–Crippen LogP) is -0.0885. The maximum absolute atomic E-state index is 11.7. The molecular formula is C13H20N2O5. The first kappa shape index (κ1) is 16.2. The Morgan fingerprint density at radius 1 is 1.50 bits per heavy atom. The summed E-state index contributed by atoms with van der Waals surface area (Å²) in [6, 6.07) is 2.42. The topological polar surface area (TPSA) is 101 Å². The predicted molar refractivity (Wildman–Crippen MR) is 71.1 cm³/mol. The third-order valence-corrected chi connectivity index (χ3v) is 2.62. The molecule has 3 N–H and O–H groups in total. The number of aliphatic hydroxyl groups is 1. The van der Waals surface area contributed by atoms with Crippen LogP contribution in [0.2, 0.25) is 0 Å². The highest BCUT2D eigenvalue weighted by Crippen LogP contribution is 2.00. The summed E-state index contributed by atoms with van der Waals surface area (Å²) in [5.41, 5.74) is 0. The Morgan fingerprint density at radius 2 is 2.25 bits per heavy atom. The van der Waals surface area contributed by atoms with Gasteiger partial charge in [-0.15, -0.1) is 0 Å². The first-order valence-corrected chi connectivity index (χ1v) is 6.33. The molecule has 1 rings (SSSR count). The molecular weight excluding hydrogens is 264 g/mol. The lowest BCUT2D eigenvalue weighted by Crippen LogP contribution is -2.45. The Kier molecular flexibility index (Phi) is 6.75. The summed E-state index contributed by atoms with van der Waals surface area (Å²) < 4.78 is 9.70. The van der Waals surface area contributed by atoms with Crippen LogP contribution in [-0.2, 0) is 9.53 Å². The molecule has 0 spiro atoms. The van der Waals surface area contributed by atoms with Gasteiger partial charge in [0.25, 0.3) is 5.91 Å². The molecule has 0 saturated carbocycles. The molecule has 7 nitrogen and oxygen atoms in total. The third kappa shape index (κ3) is 5.41. The van der Waals surface area contributed by atoms with Gasteiger partial charge >= 0.3 is 0 Å². The smallest absolute Gasteiger partial charge is 0.287 e. The standard InChI is InChI=1S/C13H20N2O5/c1-9(15-13(18)11-4-3-7-20-11)12(17)14-6-5-10(16)8-19-2/h3-4,7,9-10,16H,5-6,8H2,1-2H3,(H,14,17)(H,15,18). The van der Waals surface area contributed by atoms with Crippen molar-refractivity contribution in [1.82, 2.24) is 10.6 Å². The Hall–Kier alpha value is -1.86. The number of amides is 2. The van der Waals surface area contributed by atoms with E-state index in [9.17, 15) is 14.7 Å². The number of aliphatic hydroxyl groups excluding tert-OH is 1. The van der Waals surface area contributed by atoms with Gasteiger partial charge in [0, 0.05) is 13.7 Å². The molecule has 1 aromatic heterocycles.